The lowest BCUT2D eigenvalue weighted by molar-refractivity contribution is -0.122. The Morgan fingerprint density at radius 1 is 1.29 bits per heavy atom. The molecule has 0 aliphatic carbocycles. The van der Waals surface area contributed by atoms with Crippen LogP contribution in [0.4, 0.5) is 5.69 Å². The van der Waals surface area contributed by atoms with Gasteiger partial charge >= 0.3 is 0 Å². The van der Waals surface area contributed by atoms with Crippen LogP contribution in [0.25, 0.3) is 0 Å². The van der Waals surface area contributed by atoms with Crippen molar-refractivity contribution in [2.75, 3.05) is 4.90 Å². The van der Waals surface area contributed by atoms with Crippen molar-refractivity contribution in [1.29, 1.82) is 5.26 Å². The molecule has 3 N–H and O–H groups in total. The van der Waals surface area contributed by atoms with Gasteiger partial charge in [0.25, 0.3) is 0 Å². The molecule has 3 aliphatic rings. The Kier molecular flexibility index (Phi) is 3.80. The zero-order valence-corrected chi connectivity index (χ0v) is 18.1. The number of phenols is 1. The molecule has 2 atom stereocenters. The fourth-order valence-electron chi connectivity index (χ4n) is 5.78. The summed E-state index contributed by atoms with van der Waals surface area (Å²) in [4.78, 5) is 16.3. The van der Waals surface area contributed by atoms with Gasteiger partial charge < -0.3 is 20.5 Å². The van der Waals surface area contributed by atoms with Crippen molar-refractivity contribution in [1.82, 2.24) is 0 Å². The molecule has 2 aromatic rings. The number of anilines is 1. The van der Waals surface area contributed by atoms with Crippen molar-refractivity contribution in [3.8, 4) is 17.6 Å². The first kappa shape index (κ1) is 19.5. The van der Waals surface area contributed by atoms with Crippen molar-refractivity contribution in [3.63, 3.8) is 0 Å². The summed E-state index contributed by atoms with van der Waals surface area (Å²) in [6, 6.07) is 11.1. The van der Waals surface area contributed by atoms with E-state index in [-0.39, 0.29) is 29.0 Å². The Balaban J connectivity index is 1.98. The highest BCUT2D eigenvalue weighted by atomic mass is 16.5. The minimum atomic E-state index is -1.39. The van der Waals surface area contributed by atoms with Gasteiger partial charge in [0.15, 0.2) is 0 Å². The predicted molar refractivity (Wildman–Crippen MR) is 117 cm³/mol. The molecule has 3 aliphatic heterocycles. The SMILES string of the molecule is CCc1cc2c3c(c1)[C@]1(C(=O)N3C(C)(C)C[C@H]2C)C(C#N)=C(N)Oc2cc(O)ccc21. The maximum Gasteiger partial charge on any atom is 0.248 e. The van der Waals surface area contributed by atoms with E-state index in [9.17, 15) is 15.2 Å². The number of phenolic OH excluding ortho intramolecular Hbond substituents is 1. The highest BCUT2D eigenvalue weighted by Crippen LogP contribution is 2.61. The molecule has 2 aromatic carbocycles. The molecule has 1 amide bonds. The number of carbonyl (C=O) groups is 1. The standard InChI is InChI=1S/C25H25N3O3/c1-5-14-8-16-13(2)11-24(3,4)28-21(16)18(9-14)25(23(28)30)17-7-6-15(29)10-20(17)31-22(27)19(25)12-26/h6-10,13,29H,5,11,27H2,1-4H3/t13-,25+/m1/s1. The molecule has 1 spiro atoms. The van der Waals surface area contributed by atoms with Gasteiger partial charge in [0.2, 0.25) is 11.8 Å². The lowest BCUT2D eigenvalue weighted by atomic mass is 9.68. The average Bonchev–Trinajstić information content (AvgIpc) is 2.96. The minimum absolute atomic E-state index is 0.00546. The number of nitrogens with two attached hydrogens (primary N) is 1. The summed E-state index contributed by atoms with van der Waals surface area (Å²) in [6.45, 7) is 8.40. The first-order chi connectivity index (χ1) is 14.7. The fourth-order valence-corrected chi connectivity index (χ4v) is 5.78. The molecule has 31 heavy (non-hydrogen) atoms. The number of ether oxygens (including phenoxy) is 1. The Morgan fingerprint density at radius 3 is 2.71 bits per heavy atom. The summed E-state index contributed by atoms with van der Waals surface area (Å²) in [7, 11) is 0. The molecular weight excluding hydrogens is 390 g/mol. The van der Waals surface area contributed by atoms with E-state index in [0.29, 0.717) is 11.3 Å². The lowest BCUT2D eigenvalue weighted by Crippen LogP contribution is -2.54. The smallest absolute Gasteiger partial charge is 0.248 e. The predicted octanol–water partition coefficient (Wildman–Crippen LogP) is 3.96. The van der Waals surface area contributed by atoms with Crippen LogP contribution in [0, 0.1) is 11.3 Å². The molecule has 0 saturated heterocycles. The van der Waals surface area contributed by atoms with Gasteiger partial charge in [-0.15, -0.1) is 0 Å². The van der Waals surface area contributed by atoms with Gasteiger partial charge in [0.1, 0.15) is 28.6 Å². The molecule has 0 radical (unpaired) electrons. The minimum Gasteiger partial charge on any atom is -0.508 e. The van der Waals surface area contributed by atoms with E-state index in [1.165, 1.54) is 12.1 Å². The molecule has 0 saturated carbocycles. The van der Waals surface area contributed by atoms with Gasteiger partial charge in [-0.05, 0) is 55.9 Å². The van der Waals surface area contributed by atoms with Gasteiger partial charge in [-0.1, -0.05) is 26.0 Å². The highest BCUT2D eigenvalue weighted by Gasteiger charge is 2.63. The van der Waals surface area contributed by atoms with Gasteiger partial charge in [-0.25, -0.2) is 0 Å². The number of amides is 1. The second-order valence-corrected chi connectivity index (χ2v) is 9.38. The third-order valence-corrected chi connectivity index (χ3v) is 7.02. The van der Waals surface area contributed by atoms with Gasteiger partial charge in [-0.2, -0.15) is 5.26 Å². The van der Waals surface area contributed by atoms with Crippen LogP contribution < -0.4 is 15.4 Å². The third kappa shape index (κ3) is 2.24. The number of hydrogen-bond donors (Lipinski definition) is 2. The Labute approximate surface area is 181 Å². The summed E-state index contributed by atoms with van der Waals surface area (Å²) in [5, 5.41) is 20.2. The molecule has 158 valence electrons. The van der Waals surface area contributed by atoms with E-state index in [1.807, 2.05) is 11.0 Å². The molecule has 0 unspecified atom stereocenters. The van der Waals surface area contributed by atoms with Crippen LogP contribution in [0.1, 0.15) is 62.3 Å². The monoisotopic (exact) mass is 415 g/mol. The summed E-state index contributed by atoms with van der Waals surface area (Å²) >= 11 is 0. The number of nitrogens with zero attached hydrogens (tertiary/aromatic N) is 2. The molecule has 3 heterocycles. The van der Waals surface area contributed by atoms with Crippen molar-refractivity contribution in [2.24, 2.45) is 5.73 Å². The number of benzene rings is 2. The Morgan fingerprint density at radius 2 is 2.03 bits per heavy atom. The molecule has 0 aromatic heterocycles. The average molecular weight is 415 g/mol. The topological polar surface area (TPSA) is 99.6 Å². The summed E-state index contributed by atoms with van der Waals surface area (Å²) < 4.78 is 5.71. The van der Waals surface area contributed by atoms with E-state index in [0.717, 1.165) is 35.2 Å². The summed E-state index contributed by atoms with van der Waals surface area (Å²) in [5.74, 6) is 0.275. The van der Waals surface area contributed by atoms with Crippen molar-refractivity contribution < 1.29 is 14.6 Å². The number of hydrogen-bond acceptors (Lipinski definition) is 5. The quantitative estimate of drug-likeness (QED) is 0.734. The number of fused-ring (bicyclic) bond motifs is 3. The fraction of sp³-hybridized carbons (Fsp3) is 0.360. The zero-order chi connectivity index (χ0) is 22.3. The number of nitriles is 1. The van der Waals surface area contributed by atoms with Crippen LogP contribution in [0.2, 0.25) is 0 Å². The van der Waals surface area contributed by atoms with E-state index in [4.69, 9.17) is 10.5 Å². The second kappa shape index (κ2) is 6.04. The van der Waals surface area contributed by atoms with E-state index < -0.39 is 11.0 Å². The molecule has 6 nitrogen and oxygen atoms in total. The number of carbonyl (C=O) groups excluding carboxylic acids is 1. The lowest BCUT2D eigenvalue weighted by Gasteiger charge is -2.44. The zero-order valence-electron chi connectivity index (χ0n) is 18.1. The molecule has 0 fully saturated rings. The second-order valence-electron chi connectivity index (χ2n) is 9.38. The summed E-state index contributed by atoms with van der Waals surface area (Å²) in [5.41, 5.74) is 8.93. The first-order valence-electron chi connectivity index (χ1n) is 10.6. The van der Waals surface area contributed by atoms with Gasteiger partial charge in [0.05, 0.1) is 5.69 Å². The van der Waals surface area contributed by atoms with Crippen LogP contribution in [0.15, 0.2) is 41.8 Å². The Bertz CT molecular complexity index is 1240. The normalized spacial score (nSPS) is 25.2. The maximum atomic E-state index is 14.4. The molecule has 5 rings (SSSR count). The van der Waals surface area contributed by atoms with Gasteiger partial charge in [-0.3, -0.25) is 4.79 Å². The van der Waals surface area contributed by atoms with Gasteiger partial charge in [0, 0.05) is 22.7 Å². The molecular formula is C25H25N3O3. The molecule has 0 bridgehead atoms. The highest BCUT2D eigenvalue weighted by molar-refractivity contribution is 6.16. The first-order valence-corrected chi connectivity index (χ1v) is 10.6. The van der Waals surface area contributed by atoms with Crippen LogP contribution in [-0.4, -0.2) is 16.6 Å². The largest absolute Gasteiger partial charge is 0.508 e. The van der Waals surface area contributed by atoms with Crippen LogP contribution >= 0.6 is 0 Å². The van der Waals surface area contributed by atoms with Crippen LogP contribution in [0.3, 0.4) is 0 Å². The molecule has 6 heteroatoms. The maximum absolute atomic E-state index is 14.4. The van der Waals surface area contributed by atoms with Crippen molar-refractivity contribution in [3.05, 3.63) is 64.0 Å². The number of aryl methyl sites for hydroxylation is 1. The van der Waals surface area contributed by atoms with Crippen molar-refractivity contribution >= 4 is 11.6 Å². The van der Waals surface area contributed by atoms with Crippen LogP contribution in [-0.2, 0) is 16.6 Å². The van der Waals surface area contributed by atoms with E-state index in [1.54, 1.807) is 6.07 Å². The Hall–Kier alpha value is -3.46. The third-order valence-electron chi connectivity index (χ3n) is 7.02. The number of rotatable bonds is 1. The number of aromatic hydroxyl groups is 1. The van der Waals surface area contributed by atoms with E-state index in [2.05, 4.69) is 39.8 Å². The van der Waals surface area contributed by atoms with Crippen LogP contribution in [0.5, 0.6) is 11.5 Å². The van der Waals surface area contributed by atoms with Crippen molar-refractivity contribution in [2.45, 2.75) is 57.4 Å². The summed E-state index contributed by atoms with van der Waals surface area (Å²) in [6.07, 6.45) is 1.62. The van der Waals surface area contributed by atoms with E-state index >= 15 is 0 Å².